The third-order valence-corrected chi connectivity index (χ3v) is 3.58. The molecule has 0 bridgehead atoms. The Morgan fingerprint density at radius 2 is 2.00 bits per heavy atom. The molecule has 2 aliphatic heterocycles. The van der Waals surface area contributed by atoms with Crippen molar-refractivity contribution in [2.24, 2.45) is 11.3 Å². The fraction of sp³-hybridized carbons (Fsp3) is 0.800. The number of hydrogen-bond donors (Lipinski definition) is 1. The summed E-state index contributed by atoms with van der Waals surface area (Å²) >= 11 is 0. The van der Waals surface area contributed by atoms with Crippen molar-refractivity contribution in [3.8, 4) is 0 Å². The molecule has 1 N–H and O–H groups in total. The highest BCUT2D eigenvalue weighted by Gasteiger charge is 2.46. The van der Waals surface area contributed by atoms with Gasteiger partial charge in [0.15, 0.2) is 0 Å². The van der Waals surface area contributed by atoms with Gasteiger partial charge in [-0.3, -0.25) is 14.9 Å². The van der Waals surface area contributed by atoms with E-state index in [2.05, 4.69) is 5.32 Å². The summed E-state index contributed by atoms with van der Waals surface area (Å²) in [7, 11) is 0. The number of nitrogens with one attached hydrogen (secondary N) is 1. The van der Waals surface area contributed by atoms with E-state index in [1.807, 2.05) is 6.92 Å². The van der Waals surface area contributed by atoms with Gasteiger partial charge in [0.1, 0.15) is 0 Å². The predicted molar refractivity (Wildman–Crippen MR) is 49.4 cm³/mol. The normalized spacial score (nSPS) is 31.6. The van der Waals surface area contributed by atoms with Crippen molar-refractivity contribution in [2.75, 3.05) is 13.2 Å². The number of amides is 2. The minimum atomic E-state index is -0.130. The molecule has 0 radical (unpaired) electrons. The van der Waals surface area contributed by atoms with Gasteiger partial charge in [0.2, 0.25) is 11.8 Å². The second kappa shape index (κ2) is 3.35. The Bertz CT molecular complexity index is 269. The first-order valence-corrected chi connectivity index (χ1v) is 5.05. The van der Waals surface area contributed by atoms with E-state index >= 15 is 0 Å². The molecule has 2 saturated heterocycles. The maximum Gasteiger partial charge on any atom is 0.229 e. The highest BCUT2D eigenvalue weighted by molar-refractivity contribution is 5.99. The summed E-state index contributed by atoms with van der Waals surface area (Å²) in [5.74, 6) is -0.317. The van der Waals surface area contributed by atoms with Gasteiger partial charge >= 0.3 is 0 Å². The van der Waals surface area contributed by atoms with E-state index in [1.165, 1.54) is 0 Å². The van der Waals surface area contributed by atoms with Crippen LogP contribution >= 0.6 is 0 Å². The van der Waals surface area contributed by atoms with Gasteiger partial charge in [-0.1, -0.05) is 6.92 Å². The van der Waals surface area contributed by atoms with Gasteiger partial charge < -0.3 is 4.74 Å². The molecule has 1 atom stereocenters. The molecule has 2 fully saturated rings. The van der Waals surface area contributed by atoms with Crippen molar-refractivity contribution in [2.45, 2.75) is 26.2 Å². The van der Waals surface area contributed by atoms with Gasteiger partial charge in [-0.05, 0) is 18.3 Å². The lowest BCUT2D eigenvalue weighted by Gasteiger charge is -2.43. The molecular weight excluding hydrogens is 182 g/mol. The molecule has 2 aliphatic rings. The van der Waals surface area contributed by atoms with Crippen molar-refractivity contribution in [3.05, 3.63) is 0 Å². The van der Waals surface area contributed by atoms with Crippen LogP contribution in [0.25, 0.3) is 0 Å². The van der Waals surface area contributed by atoms with Crippen LogP contribution in [0.2, 0.25) is 0 Å². The molecule has 0 aromatic heterocycles. The average Bonchev–Trinajstić information content (AvgIpc) is 2.15. The highest BCUT2D eigenvalue weighted by Crippen LogP contribution is 2.43. The molecule has 1 unspecified atom stereocenters. The fourth-order valence-corrected chi connectivity index (χ4v) is 2.43. The van der Waals surface area contributed by atoms with Gasteiger partial charge in [0.05, 0.1) is 0 Å². The van der Waals surface area contributed by atoms with Crippen LogP contribution < -0.4 is 5.32 Å². The molecule has 0 saturated carbocycles. The number of piperidine rings is 1. The van der Waals surface area contributed by atoms with Gasteiger partial charge in [0.25, 0.3) is 0 Å². The minimum Gasteiger partial charge on any atom is -0.381 e. The van der Waals surface area contributed by atoms with Crippen LogP contribution in [0.3, 0.4) is 0 Å². The number of hydrogen-bond acceptors (Lipinski definition) is 3. The lowest BCUT2D eigenvalue weighted by Crippen LogP contribution is -2.52. The van der Waals surface area contributed by atoms with Crippen molar-refractivity contribution in [1.29, 1.82) is 0 Å². The van der Waals surface area contributed by atoms with Crippen LogP contribution in [-0.4, -0.2) is 25.0 Å². The molecule has 0 aromatic rings. The first-order valence-electron chi connectivity index (χ1n) is 5.05. The zero-order valence-electron chi connectivity index (χ0n) is 8.34. The second-order valence-corrected chi connectivity index (χ2v) is 4.29. The molecule has 2 amide bonds. The molecule has 78 valence electrons. The van der Waals surface area contributed by atoms with E-state index in [0.29, 0.717) is 19.6 Å². The quantitative estimate of drug-likeness (QED) is 0.574. The van der Waals surface area contributed by atoms with E-state index in [-0.39, 0.29) is 23.1 Å². The maximum atomic E-state index is 11.5. The number of rotatable bonds is 0. The zero-order valence-corrected chi connectivity index (χ0v) is 8.34. The van der Waals surface area contributed by atoms with Crippen LogP contribution in [0.1, 0.15) is 26.2 Å². The number of imide groups is 1. The fourth-order valence-electron chi connectivity index (χ4n) is 2.43. The van der Waals surface area contributed by atoms with Gasteiger partial charge in [-0.15, -0.1) is 0 Å². The van der Waals surface area contributed by atoms with Gasteiger partial charge in [0, 0.05) is 25.6 Å². The maximum absolute atomic E-state index is 11.5. The topological polar surface area (TPSA) is 55.4 Å². The summed E-state index contributed by atoms with van der Waals surface area (Å²) < 4.78 is 5.27. The summed E-state index contributed by atoms with van der Waals surface area (Å²) in [5.41, 5.74) is -0.127. The van der Waals surface area contributed by atoms with Crippen molar-refractivity contribution >= 4 is 11.8 Å². The third-order valence-electron chi connectivity index (χ3n) is 3.58. The molecule has 4 heteroatoms. The number of carbonyl (C=O) groups excluding carboxylic acids is 2. The van der Waals surface area contributed by atoms with E-state index < -0.39 is 0 Å². The molecule has 2 rings (SSSR count). The van der Waals surface area contributed by atoms with E-state index in [1.54, 1.807) is 0 Å². The summed E-state index contributed by atoms with van der Waals surface area (Å²) in [6, 6.07) is 0. The standard InChI is InChI=1S/C10H15NO3/c1-7-9(13)11-8(12)6-10(7)2-4-14-5-3-10/h7H,2-6H2,1H3,(H,11,12,13). The molecule has 14 heavy (non-hydrogen) atoms. The monoisotopic (exact) mass is 197 g/mol. The molecule has 4 nitrogen and oxygen atoms in total. The zero-order chi connectivity index (χ0) is 10.2. The largest absolute Gasteiger partial charge is 0.381 e. The molecule has 2 heterocycles. The Morgan fingerprint density at radius 1 is 1.36 bits per heavy atom. The Kier molecular flexibility index (Phi) is 2.31. The molecular formula is C10H15NO3. The third kappa shape index (κ3) is 1.43. The van der Waals surface area contributed by atoms with E-state index in [4.69, 9.17) is 4.74 Å². The van der Waals surface area contributed by atoms with Crippen molar-refractivity contribution in [3.63, 3.8) is 0 Å². The Labute approximate surface area is 83.0 Å². The molecule has 1 spiro atoms. The first kappa shape index (κ1) is 9.65. The molecule has 0 aromatic carbocycles. The van der Waals surface area contributed by atoms with Gasteiger partial charge in [-0.25, -0.2) is 0 Å². The second-order valence-electron chi connectivity index (χ2n) is 4.29. The Balaban J connectivity index is 2.21. The minimum absolute atomic E-state index is 0.0656. The van der Waals surface area contributed by atoms with E-state index in [0.717, 1.165) is 12.8 Å². The van der Waals surface area contributed by atoms with Crippen LogP contribution in [0.15, 0.2) is 0 Å². The van der Waals surface area contributed by atoms with Crippen LogP contribution in [0.5, 0.6) is 0 Å². The van der Waals surface area contributed by atoms with Crippen LogP contribution in [0, 0.1) is 11.3 Å². The number of carbonyl (C=O) groups is 2. The number of ether oxygens (including phenoxy) is 1. The lowest BCUT2D eigenvalue weighted by molar-refractivity contribution is -0.147. The smallest absolute Gasteiger partial charge is 0.229 e. The average molecular weight is 197 g/mol. The first-order chi connectivity index (χ1) is 6.64. The predicted octanol–water partition coefficient (Wildman–Crippen LogP) is 0.466. The van der Waals surface area contributed by atoms with E-state index in [9.17, 15) is 9.59 Å². The van der Waals surface area contributed by atoms with Crippen LogP contribution in [0.4, 0.5) is 0 Å². The molecule has 0 aliphatic carbocycles. The van der Waals surface area contributed by atoms with Crippen molar-refractivity contribution < 1.29 is 14.3 Å². The summed E-state index contributed by atoms with van der Waals surface area (Å²) in [6.45, 7) is 3.25. The Hall–Kier alpha value is -0.900. The summed E-state index contributed by atoms with van der Waals surface area (Å²) in [4.78, 5) is 22.8. The SMILES string of the molecule is CC1C(=O)NC(=O)CC12CCOCC2. The van der Waals surface area contributed by atoms with Gasteiger partial charge in [-0.2, -0.15) is 0 Å². The Morgan fingerprint density at radius 3 is 2.64 bits per heavy atom. The summed E-state index contributed by atoms with van der Waals surface area (Å²) in [5, 5.41) is 2.38. The van der Waals surface area contributed by atoms with Crippen LogP contribution in [-0.2, 0) is 14.3 Å². The van der Waals surface area contributed by atoms with Crippen molar-refractivity contribution in [1.82, 2.24) is 5.32 Å². The lowest BCUT2D eigenvalue weighted by atomic mass is 9.66. The summed E-state index contributed by atoms with van der Waals surface area (Å²) in [6.07, 6.45) is 2.13. The highest BCUT2D eigenvalue weighted by atomic mass is 16.5.